The predicted molar refractivity (Wildman–Crippen MR) is 59.8 cm³/mol. The molecule has 0 aromatic carbocycles. The van der Waals surface area contributed by atoms with E-state index in [1.54, 1.807) is 0 Å². The predicted octanol–water partition coefficient (Wildman–Crippen LogP) is 2.66. The van der Waals surface area contributed by atoms with Gasteiger partial charge in [0.15, 0.2) is 0 Å². The molecule has 0 bridgehead atoms. The van der Waals surface area contributed by atoms with Crippen LogP contribution < -0.4 is 5.73 Å². The molecule has 1 aliphatic carbocycles. The fraction of sp³-hybridized carbons (Fsp3) is 1.00. The molecule has 0 spiro atoms. The van der Waals surface area contributed by atoms with Gasteiger partial charge in [-0.25, -0.2) is 0 Å². The summed E-state index contributed by atoms with van der Waals surface area (Å²) < 4.78 is 0. The molecular formula is C10H23NS. The summed E-state index contributed by atoms with van der Waals surface area (Å²) >= 11 is 0. The standard InChI is InChI=1S/C10H21N.H2S/c1-10(2,3)7-9(11)6-8-4-5-8;/h8-9H,4-7,11H2,1-3H3;1H2/t9-;/m0./s1. The van der Waals surface area contributed by atoms with Crippen LogP contribution in [0, 0.1) is 11.3 Å². The highest BCUT2D eigenvalue weighted by molar-refractivity contribution is 7.59. The van der Waals surface area contributed by atoms with Crippen molar-refractivity contribution in [2.24, 2.45) is 17.1 Å². The van der Waals surface area contributed by atoms with E-state index >= 15 is 0 Å². The second-order valence-corrected chi connectivity index (χ2v) is 5.20. The van der Waals surface area contributed by atoms with E-state index in [0.717, 1.165) is 5.92 Å². The zero-order chi connectivity index (χ0) is 8.48. The van der Waals surface area contributed by atoms with Gasteiger partial charge in [0.2, 0.25) is 0 Å². The second kappa shape index (κ2) is 4.52. The molecule has 0 heterocycles. The Morgan fingerprint density at radius 1 is 1.33 bits per heavy atom. The molecule has 1 atom stereocenters. The van der Waals surface area contributed by atoms with Crippen molar-refractivity contribution in [1.29, 1.82) is 0 Å². The highest BCUT2D eigenvalue weighted by Crippen LogP contribution is 2.35. The van der Waals surface area contributed by atoms with Gasteiger partial charge in [0.1, 0.15) is 0 Å². The van der Waals surface area contributed by atoms with Crippen LogP contribution in [0.15, 0.2) is 0 Å². The van der Waals surface area contributed by atoms with E-state index < -0.39 is 0 Å². The maximum absolute atomic E-state index is 6.00. The van der Waals surface area contributed by atoms with Crippen molar-refractivity contribution >= 4 is 13.5 Å². The van der Waals surface area contributed by atoms with Crippen LogP contribution in [0.3, 0.4) is 0 Å². The van der Waals surface area contributed by atoms with Crippen LogP contribution in [0.25, 0.3) is 0 Å². The molecule has 1 rings (SSSR count). The van der Waals surface area contributed by atoms with Gasteiger partial charge in [0.05, 0.1) is 0 Å². The number of hydrogen-bond donors (Lipinski definition) is 1. The molecule has 0 radical (unpaired) electrons. The molecule has 74 valence electrons. The van der Waals surface area contributed by atoms with Crippen molar-refractivity contribution in [3.63, 3.8) is 0 Å². The molecule has 1 aliphatic rings. The van der Waals surface area contributed by atoms with Crippen molar-refractivity contribution in [2.45, 2.75) is 52.5 Å². The molecule has 0 aromatic rings. The topological polar surface area (TPSA) is 26.0 Å². The smallest absolute Gasteiger partial charge is 0.00464 e. The van der Waals surface area contributed by atoms with Crippen molar-refractivity contribution in [2.75, 3.05) is 0 Å². The fourth-order valence-corrected chi connectivity index (χ4v) is 1.65. The van der Waals surface area contributed by atoms with Crippen LogP contribution in [0.2, 0.25) is 0 Å². The van der Waals surface area contributed by atoms with E-state index in [2.05, 4.69) is 20.8 Å². The fourth-order valence-electron chi connectivity index (χ4n) is 1.65. The van der Waals surface area contributed by atoms with E-state index in [-0.39, 0.29) is 13.5 Å². The van der Waals surface area contributed by atoms with Crippen LogP contribution in [0.1, 0.15) is 46.5 Å². The summed E-state index contributed by atoms with van der Waals surface area (Å²) in [4.78, 5) is 0. The quantitative estimate of drug-likeness (QED) is 0.726. The molecule has 2 N–H and O–H groups in total. The zero-order valence-corrected chi connectivity index (χ0v) is 9.56. The average molecular weight is 189 g/mol. The molecule has 1 nitrogen and oxygen atoms in total. The average Bonchev–Trinajstić information content (AvgIpc) is 2.42. The van der Waals surface area contributed by atoms with Gasteiger partial charge >= 0.3 is 0 Å². The van der Waals surface area contributed by atoms with Gasteiger partial charge in [-0.1, -0.05) is 33.6 Å². The van der Waals surface area contributed by atoms with Crippen LogP contribution in [-0.2, 0) is 0 Å². The lowest BCUT2D eigenvalue weighted by Crippen LogP contribution is -2.26. The van der Waals surface area contributed by atoms with Crippen LogP contribution in [0.5, 0.6) is 0 Å². The summed E-state index contributed by atoms with van der Waals surface area (Å²) in [6.07, 6.45) is 5.29. The zero-order valence-electron chi connectivity index (χ0n) is 8.56. The number of nitrogens with two attached hydrogens (primary N) is 1. The Balaban J connectivity index is 0.00000121. The molecule has 0 saturated heterocycles. The maximum atomic E-state index is 6.00. The molecule has 1 saturated carbocycles. The van der Waals surface area contributed by atoms with Crippen molar-refractivity contribution < 1.29 is 0 Å². The summed E-state index contributed by atoms with van der Waals surface area (Å²) in [5.74, 6) is 0.979. The lowest BCUT2D eigenvalue weighted by atomic mass is 9.87. The molecule has 1 fully saturated rings. The Kier molecular flexibility index (Phi) is 4.64. The van der Waals surface area contributed by atoms with Gasteiger partial charge in [0, 0.05) is 6.04 Å². The Labute approximate surface area is 83.6 Å². The third-order valence-electron chi connectivity index (χ3n) is 2.21. The third kappa shape index (κ3) is 5.90. The van der Waals surface area contributed by atoms with E-state index in [1.165, 1.54) is 25.7 Å². The van der Waals surface area contributed by atoms with Crippen LogP contribution in [-0.4, -0.2) is 6.04 Å². The van der Waals surface area contributed by atoms with E-state index in [4.69, 9.17) is 5.73 Å². The highest BCUT2D eigenvalue weighted by atomic mass is 32.1. The van der Waals surface area contributed by atoms with Crippen molar-refractivity contribution in [1.82, 2.24) is 0 Å². The highest BCUT2D eigenvalue weighted by Gasteiger charge is 2.25. The van der Waals surface area contributed by atoms with Gasteiger partial charge in [-0.05, 0) is 24.2 Å². The monoisotopic (exact) mass is 189 g/mol. The lowest BCUT2D eigenvalue weighted by molar-refractivity contribution is 0.325. The Morgan fingerprint density at radius 3 is 2.17 bits per heavy atom. The third-order valence-corrected chi connectivity index (χ3v) is 2.21. The van der Waals surface area contributed by atoms with Gasteiger partial charge < -0.3 is 5.73 Å². The van der Waals surface area contributed by atoms with Crippen LogP contribution >= 0.6 is 13.5 Å². The Hall–Kier alpha value is 0.310. The summed E-state index contributed by atoms with van der Waals surface area (Å²) in [6, 6.07) is 0.447. The van der Waals surface area contributed by atoms with Gasteiger partial charge in [-0.15, -0.1) is 0 Å². The number of rotatable bonds is 3. The molecule has 0 aliphatic heterocycles. The number of hydrogen-bond acceptors (Lipinski definition) is 1. The molecule has 0 amide bonds. The van der Waals surface area contributed by atoms with Gasteiger partial charge in [-0.3, -0.25) is 0 Å². The summed E-state index contributed by atoms with van der Waals surface area (Å²) in [6.45, 7) is 6.79. The first-order valence-corrected chi connectivity index (χ1v) is 4.73. The van der Waals surface area contributed by atoms with Gasteiger partial charge in [0.25, 0.3) is 0 Å². The largest absolute Gasteiger partial charge is 0.328 e. The van der Waals surface area contributed by atoms with E-state index in [0.29, 0.717) is 11.5 Å². The first kappa shape index (κ1) is 12.3. The van der Waals surface area contributed by atoms with Crippen molar-refractivity contribution in [3.05, 3.63) is 0 Å². The molecule has 0 unspecified atom stereocenters. The minimum absolute atomic E-state index is 0. The molecular weight excluding hydrogens is 166 g/mol. The molecule has 12 heavy (non-hydrogen) atoms. The lowest BCUT2D eigenvalue weighted by Gasteiger charge is -2.22. The Morgan fingerprint density at radius 2 is 1.83 bits per heavy atom. The second-order valence-electron chi connectivity index (χ2n) is 5.20. The SMILES string of the molecule is CC(C)(C)C[C@@H](N)CC1CC1.S. The van der Waals surface area contributed by atoms with Gasteiger partial charge in [-0.2, -0.15) is 13.5 Å². The summed E-state index contributed by atoms with van der Waals surface area (Å²) in [7, 11) is 0. The van der Waals surface area contributed by atoms with Crippen LogP contribution in [0.4, 0.5) is 0 Å². The van der Waals surface area contributed by atoms with E-state index in [1.807, 2.05) is 0 Å². The minimum Gasteiger partial charge on any atom is -0.328 e. The first-order chi connectivity index (χ1) is 4.97. The normalized spacial score (nSPS) is 20.0. The maximum Gasteiger partial charge on any atom is 0.00464 e. The Bertz CT molecular complexity index is 124. The summed E-state index contributed by atoms with van der Waals surface area (Å²) in [5.41, 5.74) is 6.41. The molecule has 0 aromatic heterocycles. The molecule has 2 heteroatoms. The summed E-state index contributed by atoms with van der Waals surface area (Å²) in [5, 5.41) is 0. The first-order valence-electron chi connectivity index (χ1n) is 4.73. The minimum atomic E-state index is 0. The van der Waals surface area contributed by atoms with E-state index in [9.17, 15) is 0 Å². The van der Waals surface area contributed by atoms with Crippen molar-refractivity contribution in [3.8, 4) is 0 Å².